The number of hydrogen-bond donors (Lipinski definition) is 0. The molecule has 2 rings (SSSR count). The summed E-state index contributed by atoms with van der Waals surface area (Å²) < 4.78 is 1.81. The van der Waals surface area contributed by atoms with E-state index >= 15 is 0 Å². The van der Waals surface area contributed by atoms with Crippen LogP contribution in [0.1, 0.15) is 21.6 Å². The van der Waals surface area contributed by atoms with Crippen molar-refractivity contribution in [3.63, 3.8) is 0 Å². The fourth-order valence-electron chi connectivity index (χ4n) is 1.82. The predicted octanol–water partition coefficient (Wildman–Crippen LogP) is 3.01. The zero-order valence-corrected chi connectivity index (χ0v) is 11.6. The Balaban J connectivity index is 2.05. The summed E-state index contributed by atoms with van der Waals surface area (Å²) in [6.07, 6.45) is 0. The number of thioether (sulfide) groups is 1. The van der Waals surface area contributed by atoms with Gasteiger partial charge in [-0.3, -0.25) is 9.48 Å². The van der Waals surface area contributed by atoms with E-state index in [-0.39, 0.29) is 5.78 Å². The zero-order valence-electron chi connectivity index (χ0n) is 10.8. The Bertz CT molecular complexity index is 575. The van der Waals surface area contributed by atoms with Crippen LogP contribution in [0, 0.1) is 13.8 Å². The molecule has 0 spiro atoms. The minimum absolute atomic E-state index is 0.164. The molecule has 94 valence electrons. The molecule has 0 radical (unpaired) electrons. The van der Waals surface area contributed by atoms with Crippen molar-refractivity contribution in [1.82, 2.24) is 9.78 Å². The first-order valence-electron chi connectivity index (χ1n) is 5.80. The van der Waals surface area contributed by atoms with Crippen molar-refractivity contribution >= 4 is 17.5 Å². The molecule has 0 unspecified atom stereocenters. The van der Waals surface area contributed by atoms with Gasteiger partial charge in [-0.1, -0.05) is 36.0 Å². The summed E-state index contributed by atoms with van der Waals surface area (Å²) in [4.78, 5) is 12.1. The molecule has 0 aliphatic carbocycles. The zero-order chi connectivity index (χ0) is 13.1. The van der Waals surface area contributed by atoms with Crippen LogP contribution < -0.4 is 0 Å². The van der Waals surface area contributed by atoms with Crippen molar-refractivity contribution in [3.8, 4) is 0 Å². The average molecular weight is 260 g/mol. The topological polar surface area (TPSA) is 34.9 Å². The Kier molecular flexibility index (Phi) is 3.87. The van der Waals surface area contributed by atoms with Gasteiger partial charge in [0.15, 0.2) is 5.78 Å². The van der Waals surface area contributed by atoms with Gasteiger partial charge in [-0.05, 0) is 25.5 Å². The molecule has 0 aliphatic rings. The highest BCUT2D eigenvalue weighted by atomic mass is 32.2. The molecule has 3 nitrogen and oxygen atoms in total. The van der Waals surface area contributed by atoms with Gasteiger partial charge in [0.1, 0.15) is 0 Å². The van der Waals surface area contributed by atoms with Gasteiger partial charge in [-0.25, -0.2) is 0 Å². The van der Waals surface area contributed by atoms with Gasteiger partial charge >= 0.3 is 0 Å². The van der Waals surface area contributed by atoms with Gasteiger partial charge in [0.25, 0.3) is 0 Å². The van der Waals surface area contributed by atoms with E-state index in [0.717, 1.165) is 21.8 Å². The smallest absolute Gasteiger partial charge is 0.173 e. The van der Waals surface area contributed by atoms with Crippen molar-refractivity contribution in [2.75, 3.05) is 5.75 Å². The standard InChI is InChI=1S/C14H16N2OS/c1-10-6-4-5-7-12(10)13(17)9-18-14-8-11(2)15-16(14)3/h4-8H,9H2,1-3H3. The van der Waals surface area contributed by atoms with Crippen LogP contribution in [0.5, 0.6) is 0 Å². The second-order valence-electron chi connectivity index (χ2n) is 4.27. The maximum atomic E-state index is 12.1. The molecular formula is C14H16N2OS. The monoisotopic (exact) mass is 260 g/mol. The Morgan fingerprint density at radius 1 is 1.33 bits per heavy atom. The van der Waals surface area contributed by atoms with E-state index in [1.165, 1.54) is 11.8 Å². The quantitative estimate of drug-likeness (QED) is 0.626. The highest BCUT2D eigenvalue weighted by Crippen LogP contribution is 2.20. The minimum atomic E-state index is 0.164. The average Bonchev–Trinajstić information content (AvgIpc) is 2.65. The number of nitrogens with zero attached hydrogens (tertiary/aromatic N) is 2. The van der Waals surface area contributed by atoms with Gasteiger partial charge < -0.3 is 0 Å². The summed E-state index contributed by atoms with van der Waals surface area (Å²) >= 11 is 1.53. The van der Waals surface area contributed by atoms with E-state index in [9.17, 15) is 4.79 Å². The molecule has 4 heteroatoms. The van der Waals surface area contributed by atoms with Crippen molar-refractivity contribution in [1.29, 1.82) is 0 Å². The SMILES string of the molecule is Cc1cc(SCC(=O)c2ccccc2C)n(C)n1. The van der Waals surface area contributed by atoms with E-state index < -0.39 is 0 Å². The molecule has 0 amide bonds. The molecule has 0 saturated carbocycles. The Morgan fingerprint density at radius 3 is 2.67 bits per heavy atom. The molecule has 0 atom stereocenters. The third-order valence-corrected chi connectivity index (χ3v) is 3.84. The summed E-state index contributed by atoms with van der Waals surface area (Å²) in [7, 11) is 1.90. The van der Waals surface area contributed by atoms with Crippen molar-refractivity contribution < 1.29 is 4.79 Å². The van der Waals surface area contributed by atoms with Crippen LogP contribution in [-0.2, 0) is 7.05 Å². The van der Waals surface area contributed by atoms with Gasteiger partial charge in [-0.2, -0.15) is 5.10 Å². The van der Waals surface area contributed by atoms with E-state index in [4.69, 9.17) is 0 Å². The fraction of sp³-hybridized carbons (Fsp3) is 0.286. The van der Waals surface area contributed by atoms with E-state index in [1.807, 2.05) is 55.9 Å². The highest BCUT2D eigenvalue weighted by molar-refractivity contribution is 7.99. The maximum Gasteiger partial charge on any atom is 0.173 e. The first-order chi connectivity index (χ1) is 8.58. The molecule has 1 heterocycles. The number of rotatable bonds is 4. The third-order valence-electron chi connectivity index (χ3n) is 2.76. The number of Topliss-reactive ketones (excluding diaryl/α,β-unsaturated/α-hetero) is 1. The van der Waals surface area contributed by atoms with Gasteiger partial charge in [0.05, 0.1) is 16.5 Å². The molecule has 0 N–H and O–H groups in total. The minimum Gasteiger partial charge on any atom is -0.293 e. The summed E-state index contributed by atoms with van der Waals surface area (Å²) in [6, 6.07) is 9.69. The number of hydrogen-bond acceptors (Lipinski definition) is 3. The second-order valence-corrected chi connectivity index (χ2v) is 5.27. The van der Waals surface area contributed by atoms with Gasteiger partial charge in [0, 0.05) is 12.6 Å². The van der Waals surface area contributed by atoms with Crippen molar-refractivity contribution in [3.05, 3.63) is 47.2 Å². The lowest BCUT2D eigenvalue weighted by Crippen LogP contribution is -2.05. The maximum absolute atomic E-state index is 12.1. The van der Waals surface area contributed by atoms with Crippen molar-refractivity contribution in [2.45, 2.75) is 18.9 Å². The van der Waals surface area contributed by atoms with Crippen LogP contribution in [0.2, 0.25) is 0 Å². The van der Waals surface area contributed by atoms with Crippen LogP contribution >= 0.6 is 11.8 Å². The van der Waals surface area contributed by atoms with Crippen LogP contribution in [0.25, 0.3) is 0 Å². The second kappa shape index (κ2) is 5.40. The van der Waals surface area contributed by atoms with E-state index in [1.54, 1.807) is 0 Å². The Morgan fingerprint density at radius 2 is 2.06 bits per heavy atom. The van der Waals surface area contributed by atoms with Crippen LogP contribution in [-0.4, -0.2) is 21.3 Å². The normalized spacial score (nSPS) is 10.6. The molecule has 1 aromatic carbocycles. The van der Waals surface area contributed by atoms with E-state index in [0.29, 0.717) is 5.75 Å². The fourth-order valence-corrected chi connectivity index (χ4v) is 2.74. The number of carbonyl (C=O) groups excluding carboxylic acids is 1. The van der Waals surface area contributed by atoms with Crippen LogP contribution in [0.3, 0.4) is 0 Å². The van der Waals surface area contributed by atoms with E-state index in [2.05, 4.69) is 5.10 Å². The first-order valence-corrected chi connectivity index (χ1v) is 6.79. The largest absolute Gasteiger partial charge is 0.293 e. The van der Waals surface area contributed by atoms with Gasteiger partial charge in [0.2, 0.25) is 0 Å². The summed E-state index contributed by atoms with van der Waals surface area (Å²) in [5, 5.41) is 5.29. The van der Waals surface area contributed by atoms with Crippen LogP contribution in [0.15, 0.2) is 35.4 Å². The first kappa shape index (κ1) is 12.9. The molecular weight excluding hydrogens is 244 g/mol. The lowest BCUT2D eigenvalue weighted by atomic mass is 10.1. The number of ketones is 1. The van der Waals surface area contributed by atoms with Crippen LogP contribution in [0.4, 0.5) is 0 Å². The number of aryl methyl sites for hydroxylation is 3. The molecule has 0 saturated heterocycles. The summed E-state index contributed by atoms with van der Waals surface area (Å²) in [5.74, 6) is 0.612. The Labute approximate surface area is 111 Å². The van der Waals surface area contributed by atoms with Gasteiger partial charge in [-0.15, -0.1) is 0 Å². The molecule has 2 aromatic rings. The predicted molar refractivity (Wildman–Crippen MR) is 74.2 cm³/mol. The number of benzene rings is 1. The summed E-state index contributed by atoms with van der Waals surface area (Å²) in [5.41, 5.74) is 2.82. The molecule has 0 bridgehead atoms. The lowest BCUT2D eigenvalue weighted by Gasteiger charge is -2.04. The summed E-state index contributed by atoms with van der Waals surface area (Å²) in [6.45, 7) is 3.92. The molecule has 0 fully saturated rings. The van der Waals surface area contributed by atoms with Crippen molar-refractivity contribution in [2.24, 2.45) is 7.05 Å². The molecule has 18 heavy (non-hydrogen) atoms. The Hall–Kier alpha value is -1.55. The number of aromatic nitrogens is 2. The molecule has 1 aromatic heterocycles. The third kappa shape index (κ3) is 2.82. The number of carbonyl (C=O) groups is 1. The molecule has 0 aliphatic heterocycles. The highest BCUT2D eigenvalue weighted by Gasteiger charge is 2.10. The lowest BCUT2D eigenvalue weighted by molar-refractivity contribution is 0.102.